The lowest BCUT2D eigenvalue weighted by Crippen LogP contribution is -2.25. The molecule has 1 aliphatic heterocycles. The number of thiazole rings is 1. The number of aromatic nitrogens is 3. The van der Waals surface area contributed by atoms with Crippen LogP contribution in [0.1, 0.15) is 46.5 Å². The Morgan fingerprint density at radius 1 is 1.22 bits per heavy atom. The van der Waals surface area contributed by atoms with Crippen LogP contribution in [0.25, 0.3) is 11.3 Å². The molecule has 170 valence electrons. The number of alkyl halides is 3. The van der Waals surface area contributed by atoms with Crippen molar-refractivity contribution >= 4 is 22.9 Å². The molecule has 0 radical (unpaired) electrons. The second-order valence-electron chi connectivity index (χ2n) is 7.98. The van der Waals surface area contributed by atoms with E-state index in [0.29, 0.717) is 46.6 Å². The summed E-state index contributed by atoms with van der Waals surface area (Å²) in [5.41, 5.74) is 0.902. The van der Waals surface area contributed by atoms with Gasteiger partial charge < -0.3 is 0 Å². The topological polar surface area (TPSA) is 41.9 Å². The fourth-order valence-corrected chi connectivity index (χ4v) is 5.17. The largest absolute Gasteiger partial charge is 0.416 e. The number of rotatable bonds is 5. The minimum absolute atomic E-state index is 0.124. The fourth-order valence-electron chi connectivity index (χ4n) is 3.89. The van der Waals surface area contributed by atoms with Gasteiger partial charge in [-0.05, 0) is 51.4 Å². The third-order valence-corrected chi connectivity index (χ3v) is 7.14. The highest BCUT2D eigenvalue weighted by Gasteiger charge is 2.32. The molecule has 1 aliphatic rings. The molecule has 3 heterocycles. The fraction of sp³-hybridized carbons (Fsp3) is 0.409. The Labute approximate surface area is 192 Å². The molecule has 1 aromatic carbocycles. The maximum Gasteiger partial charge on any atom is 0.416 e. The third-order valence-electron chi connectivity index (χ3n) is 5.72. The number of hydrogen-bond donors (Lipinski definition) is 0. The molecule has 0 spiro atoms. The quantitative estimate of drug-likeness (QED) is 0.315. The molecule has 32 heavy (non-hydrogen) atoms. The Morgan fingerprint density at radius 3 is 2.69 bits per heavy atom. The molecule has 1 atom stereocenters. The minimum atomic E-state index is -4.64. The molecular formula is C22H21ClF4N4S. The zero-order chi connectivity index (χ0) is 23.0. The standard InChI is InChI=1S/C22H21ClF4N4S/c1-12-4-3-5-31(12)10-18-20(14-6-15(22(25,26)27)8-16(24)7-14)30-19(32-18)9-17-13(2)21(23)29-11-28-17/h6-8,11-12H,3-5,9-10H2,1-2H3/t12-/m1/s1. The van der Waals surface area contributed by atoms with Crippen LogP contribution in [0.15, 0.2) is 24.5 Å². The van der Waals surface area contributed by atoms with E-state index < -0.39 is 17.6 Å². The average Bonchev–Trinajstić information content (AvgIpc) is 3.31. The van der Waals surface area contributed by atoms with E-state index in [2.05, 4.69) is 26.8 Å². The van der Waals surface area contributed by atoms with Gasteiger partial charge in [-0.3, -0.25) is 4.90 Å². The number of nitrogens with zero attached hydrogens (tertiary/aromatic N) is 4. The second kappa shape index (κ2) is 9.03. The van der Waals surface area contributed by atoms with Gasteiger partial charge in [-0.1, -0.05) is 11.6 Å². The molecule has 2 aromatic heterocycles. The van der Waals surface area contributed by atoms with Gasteiger partial charge in [-0.15, -0.1) is 11.3 Å². The van der Waals surface area contributed by atoms with Crippen LogP contribution in [0.4, 0.5) is 17.6 Å². The van der Waals surface area contributed by atoms with Gasteiger partial charge in [0.15, 0.2) is 0 Å². The Morgan fingerprint density at radius 2 is 2.00 bits per heavy atom. The SMILES string of the molecule is Cc1c(Cl)ncnc1Cc1nc(-c2cc(F)cc(C(F)(F)F)c2)c(CN2CCC[C@H]2C)s1. The van der Waals surface area contributed by atoms with Gasteiger partial charge in [0.2, 0.25) is 0 Å². The van der Waals surface area contributed by atoms with E-state index in [1.807, 2.05) is 0 Å². The van der Waals surface area contributed by atoms with Crippen molar-refractivity contribution in [2.24, 2.45) is 0 Å². The van der Waals surface area contributed by atoms with E-state index in [4.69, 9.17) is 11.6 Å². The van der Waals surface area contributed by atoms with Crippen molar-refractivity contribution in [3.8, 4) is 11.3 Å². The molecule has 3 aromatic rings. The molecule has 4 rings (SSSR count). The van der Waals surface area contributed by atoms with E-state index in [-0.39, 0.29) is 5.56 Å². The summed E-state index contributed by atoms with van der Waals surface area (Å²) in [6, 6.07) is 2.95. The number of likely N-dealkylation sites (tertiary alicyclic amines) is 1. The van der Waals surface area contributed by atoms with Crippen LogP contribution in [0.2, 0.25) is 5.15 Å². The van der Waals surface area contributed by atoms with Gasteiger partial charge in [-0.25, -0.2) is 19.3 Å². The number of hydrogen-bond acceptors (Lipinski definition) is 5. The Kier molecular flexibility index (Phi) is 6.51. The Balaban J connectivity index is 1.76. The van der Waals surface area contributed by atoms with E-state index in [1.165, 1.54) is 17.7 Å². The minimum Gasteiger partial charge on any atom is -0.296 e. The van der Waals surface area contributed by atoms with Crippen molar-refractivity contribution in [1.29, 1.82) is 0 Å². The number of benzene rings is 1. The van der Waals surface area contributed by atoms with Crippen molar-refractivity contribution in [2.75, 3.05) is 6.54 Å². The van der Waals surface area contributed by atoms with E-state index in [9.17, 15) is 17.6 Å². The highest BCUT2D eigenvalue weighted by molar-refractivity contribution is 7.12. The molecule has 0 saturated carbocycles. The van der Waals surface area contributed by atoms with Crippen molar-refractivity contribution < 1.29 is 17.6 Å². The molecule has 0 aliphatic carbocycles. The molecular weight excluding hydrogens is 464 g/mol. The summed E-state index contributed by atoms with van der Waals surface area (Å²) in [7, 11) is 0. The highest BCUT2D eigenvalue weighted by atomic mass is 35.5. The molecule has 0 bridgehead atoms. The summed E-state index contributed by atoms with van der Waals surface area (Å²) in [5.74, 6) is -0.941. The van der Waals surface area contributed by atoms with Crippen LogP contribution >= 0.6 is 22.9 Å². The normalized spacial score (nSPS) is 17.3. The van der Waals surface area contributed by atoms with Crippen LogP contribution in [0.5, 0.6) is 0 Å². The zero-order valence-corrected chi connectivity index (χ0v) is 19.1. The van der Waals surface area contributed by atoms with E-state index in [1.54, 1.807) is 6.92 Å². The van der Waals surface area contributed by atoms with Crippen LogP contribution < -0.4 is 0 Å². The monoisotopic (exact) mass is 484 g/mol. The van der Waals surface area contributed by atoms with Crippen molar-refractivity contribution in [2.45, 2.75) is 51.9 Å². The van der Waals surface area contributed by atoms with Gasteiger partial charge in [0.05, 0.1) is 22.0 Å². The van der Waals surface area contributed by atoms with Crippen LogP contribution in [-0.4, -0.2) is 32.4 Å². The lowest BCUT2D eigenvalue weighted by atomic mass is 10.1. The van der Waals surface area contributed by atoms with Crippen LogP contribution in [-0.2, 0) is 19.1 Å². The first kappa shape index (κ1) is 23.1. The smallest absolute Gasteiger partial charge is 0.296 e. The average molecular weight is 485 g/mol. The lowest BCUT2D eigenvalue weighted by Gasteiger charge is -2.20. The molecule has 0 amide bonds. The molecule has 0 N–H and O–H groups in total. The van der Waals surface area contributed by atoms with Gasteiger partial charge >= 0.3 is 6.18 Å². The van der Waals surface area contributed by atoms with E-state index in [0.717, 1.165) is 42.0 Å². The lowest BCUT2D eigenvalue weighted by molar-refractivity contribution is -0.137. The molecule has 1 fully saturated rings. The first-order valence-corrected chi connectivity index (χ1v) is 11.4. The summed E-state index contributed by atoms with van der Waals surface area (Å²) in [5, 5.41) is 1.02. The summed E-state index contributed by atoms with van der Waals surface area (Å²) in [6.07, 6.45) is -0.776. The number of halogens is 5. The summed E-state index contributed by atoms with van der Waals surface area (Å²) >= 11 is 7.51. The summed E-state index contributed by atoms with van der Waals surface area (Å²) < 4.78 is 54.0. The highest BCUT2D eigenvalue weighted by Crippen LogP contribution is 2.37. The third kappa shape index (κ3) is 4.94. The molecule has 0 unspecified atom stereocenters. The van der Waals surface area contributed by atoms with Crippen molar-refractivity contribution in [1.82, 2.24) is 19.9 Å². The van der Waals surface area contributed by atoms with Gasteiger partial charge in [0.25, 0.3) is 0 Å². The van der Waals surface area contributed by atoms with Gasteiger partial charge in [0.1, 0.15) is 17.3 Å². The first-order chi connectivity index (χ1) is 15.1. The first-order valence-electron chi connectivity index (χ1n) is 10.2. The predicted molar refractivity (Wildman–Crippen MR) is 116 cm³/mol. The zero-order valence-electron chi connectivity index (χ0n) is 17.5. The Hall–Kier alpha value is -2.10. The maximum absolute atomic E-state index is 14.1. The van der Waals surface area contributed by atoms with E-state index >= 15 is 0 Å². The summed E-state index contributed by atoms with van der Waals surface area (Å²) in [6.45, 7) is 5.40. The van der Waals surface area contributed by atoms with Crippen LogP contribution in [0.3, 0.4) is 0 Å². The molecule has 4 nitrogen and oxygen atoms in total. The van der Waals surface area contributed by atoms with Gasteiger partial charge in [0, 0.05) is 35.0 Å². The molecule has 10 heteroatoms. The van der Waals surface area contributed by atoms with Crippen molar-refractivity contribution in [3.63, 3.8) is 0 Å². The van der Waals surface area contributed by atoms with Gasteiger partial charge in [-0.2, -0.15) is 13.2 Å². The summed E-state index contributed by atoms with van der Waals surface area (Å²) in [4.78, 5) is 15.9. The van der Waals surface area contributed by atoms with Crippen LogP contribution in [0, 0.1) is 12.7 Å². The maximum atomic E-state index is 14.1. The van der Waals surface area contributed by atoms with Crippen molar-refractivity contribution in [3.05, 3.63) is 62.2 Å². The second-order valence-corrected chi connectivity index (χ2v) is 9.51. The predicted octanol–water partition coefficient (Wildman–Crippen LogP) is 6.29. The Bertz CT molecular complexity index is 1130. The molecule has 1 saturated heterocycles.